The summed E-state index contributed by atoms with van der Waals surface area (Å²) >= 11 is 0. The number of aromatic nitrogens is 2. The number of aryl methyl sites for hydroxylation is 1. The van der Waals surface area contributed by atoms with E-state index in [1.165, 1.54) is 0 Å². The molecule has 1 aliphatic heterocycles. The van der Waals surface area contributed by atoms with Gasteiger partial charge in [0, 0.05) is 24.7 Å². The van der Waals surface area contributed by atoms with Crippen molar-refractivity contribution in [2.24, 2.45) is 5.92 Å². The standard InChI is InChI=1S/C24H22N4O4/c1-16-21(13-25)22(28(26-16)18-7-4-3-5-8-18)15-32-24(30)17-11-23(29)27(14-17)19-9-6-10-20(12-19)31-2/h3-10,12,17H,11,14-15H2,1-2H3. The number of amides is 1. The number of nitriles is 1. The van der Waals surface area contributed by atoms with Gasteiger partial charge in [-0.15, -0.1) is 0 Å². The molecule has 8 nitrogen and oxygen atoms in total. The lowest BCUT2D eigenvalue weighted by molar-refractivity contribution is -0.149. The molecule has 0 radical (unpaired) electrons. The van der Waals surface area contributed by atoms with Crippen molar-refractivity contribution in [3.8, 4) is 17.5 Å². The molecule has 3 aromatic rings. The first-order chi connectivity index (χ1) is 15.5. The highest BCUT2D eigenvalue weighted by molar-refractivity contribution is 5.99. The Morgan fingerprint density at radius 2 is 1.94 bits per heavy atom. The molecule has 1 atom stereocenters. The molecule has 2 aromatic carbocycles. The Morgan fingerprint density at radius 1 is 1.19 bits per heavy atom. The minimum Gasteiger partial charge on any atom is -0.497 e. The molecule has 8 heteroatoms. The zero-order valence-electron chi connectivity index (χ0n) is 17.8. The van der Waals surface area contributed by atoms with E-state index in [9.17, 15) is 14.9 Å². The molecule has 4 rings (SSSR count). The van der Waals surface area contributed by atoms with Crippen molar-refractivity contribution in [1.29, 1.82) is 5.26 Å². The highest BCUT2D eigenvalue weighted by atomic mass is 16.5. The Labute approximate surface area is 185 Å². The van der Waals surface area contributed by atoms with E-state index in [1.807, 2.05) is 30.3 Å². The van der Waals surface area contributed by atoms with E-state index in [4.69, 9.17) is 9.47 Å². The third-order valence-electron chi connectivity index (χ3n) is 5.44. The first-order valence-corrected chi connectivity index (χ1v) is 10.2. The molecule has 1 fully saturated rings. The lowest BCUT2D eigenvalue weighted by atomic mass is 10.1. The average molecular weight is 430 g/mol. The van der Waals surface area contributed by atoms with Crippen LogP contribution in [0.1, 0.15) is 23.4 Å². The number of carbonyl (C=O) groups is 2. The van der Waals surface area contributed by atoms with Gasteiger partial charge in [-0.1, -0.05) is 24.3 Å². The normalized spacial score (nSPS) is 15.5. The number of rotatable bonds is 6. The predicted octanol–water partition coefficient (Wildman–Crippen LogP) is 3.16. The molecule has 0 spiro atoms. The molecule has 2 heterocycles. The summed E-state index contributed by atoms with van der Waals surface area (Å²) in [6.07, 6.45) is 0.0676. The summed E-state index contributed by atoms with van der Waals surface area (Å²) in [5.74, 6) is -0.586. The largest absolute Gasteiger partial charge is 0.497 e. The SMILES string of the molecule is COc1cccc(N2CC(C(=O)OCc3c(C#N)c(C)nn3-c3ccccc3)CC2=O)c1. The van der Waals surface area contributed by atoms with Crippen LogP contribution < -0.4 is 9.64 Å². The van der Waals surface area contributed by atoms with Gasteiger partial charge in [0.1, 0.15) is 24.0 Å². The zero-order chi connectivity index (χ0) is 22.7. The summed E-state index contributed by atoms with van der Waals surface area (Å²) in [6.45, 7) is 1.86. The van der Waals surface area contributed by atoms with E-state index >= 15 is 0 Å². The third-order valence-corrected chi connectivity index (χ3v) is 5.44. The average Bonchev–Trinajstić information content (AvgIpc) is 3.37. The number of nitrogens with zero attached hydrogens (tertiary/aromatic N) is 4. The lowest BCUT2D eigenvalue weighted by Crippen LogP contribution is -2.26. The van der Waals surface area contributed by atoms with Crippen LogP contribution in [0.25, 0.3) is 5.69 Å². The molecule has 1 unspecified atom stereocenters. The predicted molar refractivity (Wildman–Crippen MR) is 116 cm³/mol. The summed E-state index contributed by atoms with van der Waals surface area (Å²) < 4.78 is 12.4. The molecular formula is C24H22N4O4. The minimum absolute atomic E-state index is 0.0676. The molecular weight excluding hydrogens is 408 g/mol. The third kappa shape index (κ3) is 4.05. The van der Waals surface area contributed by atoms with Gasteiger partial charge in [-0.25, -0.2) is 4.68 Å². The van der Waals surface area contributed by atoms with E-state index in [2.05, 4.69) is 11.2 Å². The number of hydrogen-bond acceptors (Lipinski definition) is 6. The van der Waals surface area contributed by atoms with Crippen LogP contribution in [0.3, 0.4) is 0 Å². The Hall–Kier alpha value is -4.12. The molecule has 1 aliphatic rings. The summed E-state index contributed by atoms with van der Waals surface area (Å²) in [4.78, 5) is 26.9. The van der Waals surface area contributed by atoms with Gasteiger partial charge in [0.2, 0.25) is 5.91 Å². The second-order valence-corrected chi connectivity index (χ2v) is 7.48. The Kier molecular flexibility index (Phi) is 5.90. The maximum absolute atomic E-state index is 12.8. The van der Waals surface area contributed by atoms with Crippen molar-refractivity contribution in [1.82, 2.24) is 9.78 Å². The first kappa shape index (κ1) is 21.1. The quantitative estimate of drug-likeness (QED) is 0.557. The van der Waals surface area contributed by atoms with Crippen LogP contribution in [0, 0.1) is 24.2 Å². The van der Waals surface area contributed by atoms with E-state index in [-0.39, 0.29) is 25.5 Å². The molecule has 32 heavy (non-hydrogen) atoms. The van der Waals surface area contributed by atoms with Gasteiger partial charge in [0.15, 0.2) is 0 Å². The van der Waals surface area contributed by atoms with E-state index in [0.717, 1.165) is 5.69 Å². The van der Waals surface area contributed by atoms with Crippen LogP contribution in [0.4, 0.5) is 5.69 Å². The van der Waals surface area contributed by atoms with Gasteiger partial charge in [-0.05, 0) is 31.2 Å². The molecule has 0 N–H and O–H groups in total. The minimum atomic E-state index is -0.589. The van der Waals surface area contributed by atoms with E-state index in [1.54, 1.807) is 47.9 Å². The van der Waals surface area contributed by atoms with Crippen molar-refractivity contribution >= 4 is 17.6 Å². The van der Waals surface area contributed by atoms with Crippen molar-refractivity contribution in [2.45, 2.75) is 20.0 Å². The Balaban J connectivity index is 1.49. The molecule has 0 saturated carbocycles. The number of para-hydroxylation sites is 1. The van der Waals surface area contributed by atoms with Gasteiger partial charge < -0.3 is 14.4 Å². The number of anilines is 1. The molecule has 1 saturated heterocycles. The van der Waals surface area contributed by atoms with Crippen LogP contribution in [-0.2, 0) is 20.9 Å². The molecule has 0 aliphatic carbocycles. The summed E-state index contributed by atoms with van der Waals surface area (Å²) in [6, 6.07) is 18.6. The monoisotopic (exact) mass is 430 g/mol. The molecule has 0 bridgehead atoms. The summed E-state index contributed by atoms with van der Waals surface area (Å²) in [5.41, 5.74) is 2.88. The second kappa shape index (κ2) is 8.94. The van der Waals surface area contributed by atoms with Gasteiger partial charge in [-0.3, -0.25) is 9.59 Å². The lowest BCUT2D eigenvalue weighted by Gasteiger charge is -2.17. The smallest absolute Gasteiger partial charge is 0.311 e. The van der Waals surface area contributed by atoms with E-state index < -0.39 is 11.9 Å². The van der Waals surface area contributed by atoms with Crippen molar-refractivity contribution in [2.75, 3.05) is 18.6 Å². The van der Waals surface area contributed by atoms with Crippen LogP contribution >= 0.6 is 0 Å². The van der Waals surface area contributed by atoms with Crippen LogP contribution in [-0.4, -0.2) is 35.3 Å². The number of hydrogen-bond donors (Lipinski definition) is 0. The van der Waals surface area contributed by atoms with E-state index in [0.29, 0.717) is 28.4 Å². The number of carbonyl (C=O) groups excluding carboxylic acids is 2. The van der Waals surface area contributed by atoms with Crippen molar-refractivity contribution < 1.29 is 19.1 Å². The van der Waals surface area contributed by atoms with Crippen LogP contribution in [0.2, 0.25) is 0 Å². The number of ether oxygens (including phenoxy) is 2. The van der Waals surface area contributed by atoms with Crippen LogP contribution in [0.5, 0.6) is 5.75 Å². The second-order valence-electron chi connectivity index (χ2n) is 7.48. The topological polar surface area (TPSA) is 97.4 Å². The Bertz CT molecular complexity index is 1200. The molecule has 1 aromatic heterocycles. The van der Waals surface area contributed by atoms with Gasteiger partial charge in [0.05, 0.1) is 30.1 Å². The maximum Gasteiger partial charge on any atom is 0.311 e. The van der Waals surface area contributed by atoms with Gasteiger partial charge >= 0.3 is 5.97 Å². The molecule has 162 valence electrons. The number of methoxy groups -OCH3 is 1. The van der Waals surface area contributed by atoms with Crippen molar-refractivity contribution in [3.05, 3.63) is 71.5 Å². The maximum atomic E-state index is 12.8. The van der Waals surface area contributed by atoms with Gasteiger partial charge in [-0.2, -0.15) is 10.4 Å². The highest BCUT2D eigenvalue weighted by Gasteiger charge is 2.36. The highest BCUT2D eigenvalue weighted by Crippen LogP contribution is 2.29. The van der Waals surface area contributed by atoms with Gasteiger partial charge in [0.25, 0.3) is 0 Å². The van der Waals surface area contributed by atoms with Crippen LogP contribution in [0.15, 0.2) is 54.6 Å². The van der Waals surface area contributed by atoms with Crippen molar-refractivity contribution in [3.63, 3.8) is 0 Å². The summed E-state index contributed by atoms with van der Waals surface area (Å²) in [5, 5.41) is 14.0. The molecule has 1 amide bonds. The number of esters is 1. The summed E-state index contributed by atoms with van der Waals surface area (Å²) in [7, 11) is 1.56. The Morgan fingerprint density at radius 3 is 2.66 bits per heavy atom. The fourth-order valence-corrected chi connectivity index (χ4v) is 3.79. The number of benzene rings is 2. The fourth-order valence-electron chi connectivity index (χ4n) is 3.79. The fraction of sp³-hybridized carbons (Fsp3) is 0.250. The zero-order valence-corrected chi connectivity index (χ0v) is 17.8. The first-order valence-electron chi connectivity index (χ1n) is 10.2.